The summed E-state index contributed by atoms with van der Waals surface area (Å²) in [5, 5.41) is 13.1. The first-order chi connectivity index (χ1) is 9.26. The average molecular weight is 283 g/mol. The van der Waals surface area contributed by atoms with Crippen LogP contribution in [0.4, 0.5) is 0 Å². The molecule has 0 saturated heterocycles. The van der Waals surface area contributed by atoms with Crippen LogP contribution in [0.25, 0.3) is 0 Å². The molecule has 0 aliphatic rings. The number of benzene rings is 1. The third-order valence-electron chi connectivity index (χ3n) is 2.64. The van der Waals surface area contributed by atoms with Crippen molar-refractivity contribution in [1.29, 1.82) is 0 Å². The molecule has 0 saturated carbocycles. The molecule has 0 heterocycles. The van der Waals surface area contributed by atoms with Crippen LogP contribution in [-0.4, -0.2) is 36.7 Å². The number of hydrogen-bond acceptors (Lipinski definition) is 4. The van der Waals surface area contributed by atoms with Crippen molar-refractivity contribution in [2.45, 2.75) is 37.8 Å². The van der Waals surface area contributed by atoms with Crippen LogP contribution in [0.15, 0.2) is 29.2 Å². The number of aliphatic hydroxyl groups is 1. The van der Waals surface area contributed by atoms with E-state index in [2.05, 4.69) is 36.5 Å². The molecule has 19 heavy (non-hydrogen) atoms. The lowest BCUT2D eigenvalue weighted by molar-refractivity contribution is 0.0551. The molecule has 108 valence electrons. The molecule has 0 aromatic heterocycles. The van der Waals surface area contributed by atoms with E-state index in [4.69, 9.17) is 4.74 Å². The van der Waals surface area contributed by atoms with E-state index < -0.39 is 6.10 Å². The molecular formula is C15H25NO2S. The molecule has 1 atom stereocenters. The number of aliphatic hydroxyl groups excluding tert-OH is 1. The van der Waals surface area contributed by atoms with Crippen molar-refractivity contribution in [2.24, 2.45) is 0 Å². The van der Waals surface area contributed by atoms with Crippen LogP contribution in [0.5, 0.6) is 0 Å². The fraction of sp³-hybridized carbons (Fsp3) is 0.600. The Hall–Kier alpha value is -0.550. The summed E-state index contributed by atoms with van der Waals surface area (Å²) in [5.41, 5.74) is 1.30. The van der Waals surface area contributed by atoms with Crippen LogP contribution in [0.2, 0.25) is 0 Å². The molecule has 0 fully saturated rings. The third-order valence-corrected chi connectivity index (χ3v) is 3.79. The first kappa shape index (κ1) is 16.5. The maximum atomic E-state index is 9.68. The molecule has 0 bridgehead atoms. The molecule has 1 aromatic rings. The predicted molar refractivity (Wildman–Crippen MR) is 81.7 cm³/mol. The van der Waals surface area contributed by atoms with E-state index in [1.807, 2.05) is 6.92 Å². The van der Waals surface area contributed by atoms with Crippen molar-refractivity contribution in [2.75, 3.05) is 25.5 Å². The zero-order valence-corrected chi connectivity index (χ0v) is 12.7. The number of thioether (sulfide) groups is 1. The van der Waals surface area contributed by atoms with E-state index in [1.165, 1.54) is 10.5 Å². The Morgan fingerprint density at radius 3 is 2.63 bits per heavy atom. The number of ether oxygens (including phenoxy) is 1. The maximum Gasteiger partial charge on any atom is 0.0867 e. The molecule has 0 aliphatic carbocycles. The Balaban J connectivity index is 2.27. The van der Waals surface area contributed by atoms with Gasteiger partial charge in [-0.05, 0) is 37.6 Å². The fourth-order valence-corrected chi connectivity index (χ4v) is 2.42. The van der Waals surface area contributed by atoms with E-state index >= 15 is 0 Å². The molecule has 1 aromatic carbocycles. The van der Waals surface area contributed by atoms with Gasteiger partial charge in [0.2, 0.25) is 0 Å². The number of hydrogen-bond donors (Lipinski definition) is 2. The summed E-state index contributed by atoms with van der Waals surface area (Å²) in [5.74, 6) is 0.674. The lowest BCUT2D eigenvalue weighted by Gasteiger charge is -2.10. The molecule has 0 amide bonds. The van der Waals surface area contributed by atoms with Gasteiger partial charge in [-0.1, -0.05) is 19.1 Å². The summed E-state index contributed by atoms with van der Waals surface area (Å²) < 4.78 is 5.19. The number of rotatable bonds is 10. The minimum absolute atomic E-state index is 0.393. The molecule has 1 unspecified atom stereocenters. The Labute approximate surface area is 120 Å². The van der Waals surface area contributed by atoms with Gasteiger partial charge in [-0.25, -0.2) is 0 Å². The quantitative estimate of drug-likeness (QED) is 0.512. The normalized spacial score (nSPS) is 12.6. The van der Waals surface area contributed by atoms with Gasteiger partial charge in [-0.2, -0.15) is 0 Å². The fourth-order valence-electron chi connectivity index (χ4n) is 1.61. The van der Waals surface area contributed by atoms with Crippen LogP contribution in [0.1, 0.15) is 25.8 Å². The molecule has 0 spiro atoms. The van der Waals surface area contributed by atoms with Crippen LogP contribution in [0, 0.1) is 0 Å². The summed E-state index contributed by atoms with van der Waals surface area (Å²) in [6.45, 7) is 7.15. The van der Waals surface area contributed by atoms with Crippen LogP contribution >= 0.6 is 11.8 Å². The van der Waals surface area contributed by atoms with Gasteiger partial charge in [0.15, 0.2) is 0 Å². The van der Waals surface area contributed by atoms with Gasteiger partial charge in [-0.3, -0.25) is 0 Å². The molecule has 4 heteroatoms. The zero-order valence-electron chi connectivity index (χ0n) is 11.9. The minimum Gasteiger partial charge on any atom is -0.390 e. The second kappa shape index (κ2) is 10.3. The Morgan fingerprint density at radius 1 is 1.26 bits per heavy atom. The van der Waals surface area contributed by atoms with Crippen molar-refractivity contribution >= 4 is 11.8 Å². The van der Waals surface area contributed by atoms with Crippen LogP contribution in [-0.2, 0) is 11.3 Å². The Kier molecular flexibility index (Phi) is 8.91. The summed E-state index contributed by atoms with van der Waals surface area (Å²) in [4.78, 5) is 1.19. The van der Waals surface area contributed by atoms with E-state index in [1.54, 1.807) is 11.8 Å². The van der Waals surface area contributed by atoms with E-state index in [9.17, 15) is 5.11 Å². The smallest absolute Gasteiger partial charge is 0.0867 e. The lowest BCUT2D eigenvalue weighted by Crippen LogP contribution is -2.17. The van der Waals surface area contributed by atoms with Crippen LogP contribution < -0.4 is 5.32 Å². The molecule has 2 N–H and O–H groups in total. The lowest BCUT2D eigenvalue weighted by atomic mass is 10.2. The maximum absolute atomic E-state index is 9.68. The van der Waals surface area contributed by atoms with Crippen molar-refractivity contribution in [3.8, 4) is 0 Å². The number of nitrogens with one attached hydrogen (secondary N) is 1. The minimum atomic E-state index is -0.393. The molecule has 1 rings (SSSR count). The van der Waals surface area contributed by atoms with Crippen molar-refractivity contribution in [3.63, 3.8) is 0 Å². The predicted octanol–water partition coefficient (Wildman–Crippen LogP) is 2.68. The first-order valence-corrected chi connectivity index (χ1v) is 7.93. The molecule has 0 radical (unpaired) electrons. The average Bonchev–Trinajstić information content (AvgIpc) is 2.44. The summed E-state index contributed by atoms with van der Waals surface area (Å²) >= 11 is 1.67. The highest BCUT2D eigenvalue weighted by molar-refractivity contribution is 7.99. The Morgan fingerprint density at radius 2 is 2.00 bits per heavy atom. The van der Waals surface area contributed by atoms with E-state index in [0.29, 0.717) is 19.0 Å². The van der Waals surface area contributed by atoms with Gasteiger partial charge in [0, 0.05) is 23.8 Å². The monoisotopic (exact) mass is 283 g/mol. The van der Waals surface area contributed by atoms with E-state index in [-0.39, 0.29) is 0 Å². The highest BCUT2D eigenvalue weighted by Gasteiger charge is 2.04. The summed E-state index contributed by atoms with van der Waals surface area (Å²) in [6, 6.07) is 8.50. The molecule has 3 nitrogen and oxygen atoms in total. The largest absolute Gasteiger partial charge is 0.390 e. The summed E-state index contributed by atoms with van der Waals surface area (Å²) in [6.07, 6.45) is 0.766. The Bertz CT molecular complexity index is 329. The van der Waals surface area contributed by atoms with E-state index in [0.717, 1.165) is 19.5 Å². The summed E-state index contributed by atoms with van der Waals surface area (Å²) in [7, 11) is 0. The van der Waals surface area contributed by atoms with Gasteiger partial charge < -0.3 is 15.2 Å². The molecular weight excluding hydrogens is 258 g/mol. The zero-order chi connectivity index (χ0) is 13.9. The van der Waals surface area contributed by atoms with Gasteiger partial charge in [0.25, 0.3) is 0 Å². The standard InChI is InChI=1S/C15H25NO2S/c1-3-9-16-10-13-5-7-15(8-6-13)19-12-14(17)11-18-4-2/h5-8,14,16-17H,3-4,9-12H2,1-2H3. The van der Waals surface area contributed by atoms with Crippen LogP contribution in [0.3, 0.4) is 0 Å². The SMILES string of the molecule is CCCNCc1ccc(SCC(O)COCC)cc1. The van der Waals surface area contributed by atoms with Gasteiger partial charge in [0.05, 0.1) is 12.7 Å². The second-order valence-corrected chi connectivity index (χ2v) is 5.54. The van der Waals surface area contributed by atoms with Crippen molar-refractivity contribution < 1.29 is 9.84 Å². The molecule has 0 aliphatic heterocycles. The second-order valence-electron chi connectivity index (χ2n) is 4.45. The highest BCUT2D eigenvalue weighted by Crippen LogP contribution is 2.19. The third kappa shape index (κ3) is 7.57. The van der Waals surface area contributed by atoms with Gasteiger partial charge in [-0.15, -0.1) is 11.8 Å². The first-order valence-electron chi connectivity index (χ1n) is 6.94. The highest BCUT2D eigenvalue weighted by atomic mass is 32.2. The van der Waals surface area contributed by atoms with Crippen molar-refractivity contribution in [3.05, 3.63) is 29.8 Å². The van der Waals surface area contributed by atoms with Gasteiger partial charge >= 0.3 is 0 Å². The van der Waals surface area contributed by atoms with Crippen molar-refractivity contribution in [1.82, 2.24) is 5.32 Å². The topological polar surface area (TPSA) is 41.5 Å². The van der Waals surface area contributed by atoms with Gasteiger partial charge in [0.1, 0.15) is 0 Å².